The van der Waals surface area contributed by atoms with Crippen molar-refractivity contribution in [1.29, 1.82) is 0 Å². The van der Waals surface area contributed by atoms with Crippen LogP contribution in [0.5, 0.6) is 11.5 Å². The van der Waals surface area contributed by atoms with E-state index in [1.165, 1.54) is 12.1 Å². The Hall–Kier alpha value is -3.23. The van der Waals surface area contributed by atoms with E-state index >= 15 is 0 Å². The number of nitrogens with zero attached hydrogens (tertiary/aromatic N) is 2. The zero-order valence-electron chi connectivity index (χ0n) is 17.0. The molecule has 0 saturated carbocycles. The van der Waals surface area contributed by atoms with Crippen molar-refractivity contribution in [3.63, 3.8) is 0 Å². The fourth-order valence-electron chi connectivity index (χ4n) is 2.88. The molecule has 0 bridgehead atoms. The van der Waals surface area contributed by atoms with Crippen LogP contribution in [0, 0.1) is 0 Å². The average Bonchev–Trinajstić information content (AvgIpc) is 3.04. The van der Waals surface area contributed by atoms with Crippen LogP contribution in [0.3, 0.4) is 0 Å². The highest BCUT2D eigenvalue weighted by atomic mass is 16.6. The van der Waals surface area contributed by atoms with E-state index in [0.717, 1.165) is 11.3 Å². The van der Waals surface area contributed by atoms with E-state index in [9.17, 15) is 14.7 Å². The van der Waals surface area contributed by atoms with Crippen molar-refractivity contribution in [3.8, 4) is 11.5 Å². The van der Waals surface area contributed by atoms with Gasteiger partial charge in [0.15, 0.2) is 11.9 Å². The van der Waals surface area contributed by atoms with Crippen molar-refractivity contribution >= 4 is 17.8 Å². The predicted octanol–water partition coefficient (Wildman–Crippen LogP) is 2.81. The molecule has 29 heavy (non-hydrogen) atoms. The van der Waals surface area contributed by atoms with E-state index in [1.54, 1.807) is 24.0 Å². The molecule has 9 nitrogen and oxygen atoms in total. The molecule has 2 aromatic rings. The summed E-state index contributed by atoms with van der Waals surface area (Å²) in [5.41, 5.74) is 1.06. The molecule has 1 aromatic carbocycles. The van der Waals surface area contributed by atoms with E-state index in [-0.39, 0.29) is 11.7 Å². The second-order valence-corrected chi connectivity index (χ2v) is 7.92. The standard InChI is InChI=1S/C20H26N4O5/c1-12(28-14-7-5-13(25)6-8-14)18(26)21-17-15-11-24(10-9-16(15)22-23-17)19(27)29-20(2,3)4/h5-8,12,25H,9-11H2,1-4H3,(H2,21,22,23,26). The Morgan fingerprint density at radius 2 is 1.97 bits per heavy atom. The van der Waals surface area contributed by atoms with Crippen molar-refractivity contribution in [2.24, 2.45) is 0 Å². The lowest BCUT2D eigenvalue weighted by Gasteiger charge is -2.30. The minimum atomic E-state index is -0.780. The van der Waals surface area contributed by atoms with Gasteiger partial charge in [0.2, 0.25) is 0 Å². The lowest BCUT2D eigenvalue weighted by atomic mass is 10.1. The number of benzene rings is 1. The summed E-state index contributed by atoms with van der Waals surface area (Å²) < 4.78 is 11.0. The molecule has 0 saturated heterocycles. The van der Waals surface area contributed by atoms with E-state index in [4.69, 9.17) is 9.47 Å². The smallest absolute Gasteiger partial charge is 0.410 e. The quantitative estimate of drug-likeness (QED) is 0.724. The van der Waals surface area contributed by atoms with Crippen LogP contribution >= 0.6 is 0 Å². The second-order valence-electron chi connectivity index (χ2n) is 7.92. The number of phenolic OH excluding ortho intramolecular Hbond substituents is 1. The number of aromatic nitrogens is 2. The number of carbonyl (C=O) groups excluding carboxylic acids is 2. The summed E-state index contributed by atoms with van der Waals surface area (Å²) >= 11 is 0. The van der Waals surface area contributed by atoms with Crippen molar-refractivity contribution in [3.05, 3.63) is 35.5 Å². The number of anilines is 1. The summed E-state index contributed by atoms with van der Waals surface area (Å²) in [7, 11) is 0. The molecular weight excluding hydrogens is 376 g/mol. The van der Waals surface area contributed by atoms with Crippen LogP contribution in [0.25, 0.3) is 0 Å². The third-order valence-corrected chi connectivity index (χ3v) is 4.35. The maximum absolute atomic E-state index is 12.5. The number of H-pyrrole nitrogens is 1. The van der Waals surface area contributed by atoms with E-state index < -0.39 is 17.8 Å². The summed E-state index contributed by atoms with van der Waals surface area (Å²) in [5.74, 6) is 0.582. The molecule has 1 atom stereocenters. The SMILES string of the molecule is CC(Oc1ccc(O)cc1)C(=O)Nc1n[nH]c2c1CN(C(=O)OC(C)(C)C)CC2. The summed E-state index contributed by atoms with van der Waals surface area (Å²) in [6.45, 7) is 7.88. The van der Waals surface area contributed by atoms with Crippen molar-refractivity contribution < 1.29 is 24.2 Å². The molecule has 0 aliphatic carbocycles. The lowest BCUT2D eigenvalue weighted by Crippen LogP contribution is -2.40. The van der Waals surface area contributed by atoms with Crippen LogP contribution in [0.1, 0.15) is 39.0 Å². The molecule has 3 N–H and O–H groups in total. The van der Waals surface area contributed by atoms with Gasteiger partial charge in [0.1, 0.15) is 17.1 Å². The number of amides is 2. The van der Waals surface area contributed by atoms with E-state index in [1.807, 2.05) is 20.8 Å². The molecule has 2 amide bonds. The van der Waals surface area contributed by atoms with Gasteiger partial charge in [0.25, 0.3) is 5.91 Å². The molecule has 0 fully saturated rings. The van der Waals surface area contributed by atoms with Crippen molar-refractivity contribution in [1.82, 2.24) is 15.1 Å². The first kappa shape index (κ1) is 20.5. The zero-order chi connectivity index (χ0) is 21.2. The number of hydrogen-bond acceptors (Lipinski definition) is 6. The molecule has 0 radical (unpaired) electrons. The summed E-state index contributed by atoms with van der Waals surface area (Å²) in [6, 6.07) is 6.12. The van der Waals surface area contributed by atoms with Gasteiger partial charge in [-0.25, -0.2) is 4.79 Å². The van der Waals surface area contributed by atoms with E-state index in [2.05, 4.69) is 15.5 Å². The number of fused-ring (bicyclic) bond motifs is 1. The highest BCUT2D eigenvalue weighted by Crippen LogP contribution is 2.25. The zero-order valence-corrected chi connectivity index (χ0v) is 17.0. The Balaban J connectivity index is 1.64. The second kappa shape index (κ2) is 8.02. The highest BCUT2D eigenvalue weighted by Gasteiger charge is 2.29. The molecular formula is C20H26N4O5. The molecule has 1 aromatic heterocycles. The fourth-order valence-corrected chi connectivity index (χ4v) is 2.88. The van der Waals surface area contributed by atoms with E-state index in [0.29, 0.717) is 31.1 Å². The molecule has 1 aliphatic rings. The van der Waals surface area contributed by atoms with Gasteiger partial charge >= 0.3 is 6.09 Å². The third-order valence-electron chi connectivity index (χ3n) is 4.35. The third kappa shape index (κ3) is 5.18. The van der Waals surface area contributed by atoms with Crippen LogP contribution in [0.4, 0.5) is 10.6 Å². The molecule has 156 valence electrons. The molecule has 3 rings (SSSR count). The van der Waals surface area contributed by atoms with Gasteiger partial charge in [-0.1, -0.05) is 0 Å². The normalized spacial score (nSPS) is 14.7. The topological polar surface area (TPSA) is 117 Å². The van der Waals surface area contributed by atoms with Gasteiger partial charge in [0, 0.05) is 24.2 Å². The first-order valence-corrected chi connectivity index (χ1v) is 9.43. The van der Waals surface area contributed by atoms with Gasteiger partial charge in [-0.3, -0.25) is 9.89 Å². The Morgan fingerprint density at radius 3 is 2.62 bits per heavy atom. The Labute approximate surface area is 169 Å². The van der Waals surface area contributed by atoms with Crippen LogP contribution in [-0.2, 0) is 22.5 Å². The monoisotopic (exact) mass is 402 g/mol. The van der Waals surface area contributed by atoms with Crippen LogP contribution < -0.4 is 10.1 Å². The number of aromatic amines is 1. The van der Waals surface area contributed by atoms with Gasteiger partial charge in [-0.2, -0.15) is 5.10 Å². The van der Waals surface area contributed by atoms with Crippen LogP contribution in [0.15, 0.2) is 24.3 Å². The molecule has 0 spiro atoms. The Bertz CT molecular complexity index is 885. The van der Waals surface area contributed by atoms with Crippen molar-refractivity contribution in [2.75, 3.05) is 11.9 Å². The van der Waals surface area contributed by atoms with Gasteiger partial charge in [0.05, 0.1) is 6.54 Å². The molecule has 1 unspecified atom stereocenters. The maximum atomic E-state index is 12.5. The number of rotatable bonds is 4. The molecule has 2 heterocycles. The van der Waals surface area contributed by atoms with Crippen LogP contribution in [-0.4, -0.2) is 50.5 Å². The lowest BCUT2D eigenvalue weighted by molar-refractivity contribution is -0.122. The first-order chi connectivity index (χ1) is 13.6. The minimum Gasteiger partial charge on any atom is -0.508 e. The number of ether oxygens (including phenoxy) is 2. The Kier molecular flexibility index (Phi) is 5.67. The minimum absolute atomic E-state index is 0.118. The number of phenols is 1. The fraction of sp³-hybridized carbons (Fsp3) is 0.450. The van der Waals surface area contributed by atoms with Gasteiger partial charge < -0.3 is 24.8 Å². The van der Waals surface area contributed by atoms with Gasteiger partial charge in [-0.15, -0.1) is 0 Å². The Morgan fingerprint density at radius 1 is 1.28 bits per heavy atom. The van der Waals surface area contributed by atoms with Gasteiger partial charge in [-0.05, 0) is 52.0 Å². The highest BCUT2D eigenvalue weighted by molar-refractivity contribution is 5.94. The summed E-state index contributed by atoms with van der Waals surface area (Å²) in [6.07, 6.45) is -0.583. The number of carbonyl (C=O) groups is 2. The molecule has 9 heteroatoms. The number of aromatic hydroxyl groups is 1. The maximum Gasteiger partial charge on any atom is 0.410 e. The number of nitrogens with one attached hydrogen (secondary N) is 2. The summed E-state index contributed by atoms with van der Waals surface area (Å²) in [5, 5.41) is 19.2. The van der Waals surface area contributed by atoms with Crippen LogP contribution in [0.2, 0.25) is 0 Å². The predicted molar refractivity (Wildman–Crippen MR) is 106 cm³/mol. The molecule has 1 aliphatic heterocycles. The van der Waals surface area contributed by atoms with Crippen molar-refractivity contribution in [2.45, 2.75) is 52.4 Å². The first-order valence-electron chi connectivity index (χ1n) is 9.43. The largest absolute Gasteiger partial charge is 0.508 e. The number of hydrogen-bond donors (Lipinski definition) is 3. The summed E-state index contributed by atoms with van der Waals surface area (Å²) in [4.78, 5) is 26.5. The average molecular weight is 402 g/mol.